The number of aromatic nitrogens is 1. The first kappa shape index (κ1) is 14.9. The van der Waals surface area contributed by atoms with Crippen molar-refractivity contribution >= 4 is 28.2 Å². The van der Waals surface area contributed by atoms with Gasteiger partial charge in [-0.15, -0.1) is 0 Å². The minimum absolute atomic E-state index is 0.0572. The second-order valence-electron chi connectivity index (χ2n) is 7.21. The maximum atomic E-state index is 13.7. The Bertz CT molecular complexity index is 808. The van der Waals surface area contributed by atoms with Crippen LogP contribution in [0.5, 0.6) is 0 Å². The number of fused-ring (bicyclic) bond motifs is 3. The molecule has 4 nitrogen and oxygen atoms in total. The SMILES string of the molecule is Fc1cc2cc(N3CC[C@@]4(CN5CCC4CC5)O3)ncc2cc1Cl. The van der Waals surface area contributed by atoms with Crippen molar-refractivity contribution in [3.05, 3.63) is 35.2 Å². The Morgan fingerprint density at radius 1 is 1.17 bits per heavy atom. The van der Waals surface area contributed by atoms with Gasteiger partial charge in [-0.1, -0.05) is 11.6 Å². The maximum Gasteiger partial charge on any atom is 0.152 e. The van der Waals surface area contributed by atoms with E-state index in [2.05, 4.69) is 9.88 Å². The molecule has 0 N–H and O–H groups in total. The molecule has 5 heterocycles. The van der Waals surface area contributed by atoms with Crippen molar-refractivity contribution in [2.75, 3.05) is 31.2 Å². The molecule has 1 atom stereocenters. The zero-order valence-electron chi connectivity index (χ0n) is 13.3. The number of rotatable bonds is 1. The summed E-state index contributed by atoms with van der Waals surface area (Å²) in [6.45, 7) is 4.25. The van der Waals surface area contributed by atoms with E-state index in [0.29, 0.717) is 5.92 Å². The lowest BCUT2D eigenvalue weighted by molar-refractivity contribution is -0.131. The Balaban J connectivity index is 1.45. The summed E-state index contributed by atoms with van der Waals surface area (Å²) in [4.78, 5) is 13.4. The molecular weight excluding hydrogens is 329 g/mol. The molecule has 0 aliphatic carbocycles. The van der Waals surface area contributed by atoms with E-state index in [9.17, 15) is 4.39 Å². The lowest BCUT2D eigenvalue weighted by Crippen LogP contribution is -2.59. The summed E-state index contributed by atoms with van der Waals surface area (Å²) in [6.07, 6.45) is 5.22. The van der Waals surface area contributed by atoms with Gasteiger partial charge in [-0.3, -0.25) is 4.84 Å². The second-order valence-corrected chi connectivity index (χ2v) is 7.62. The van der Waals surface area contributed by atoms with Crippen molar-refractivity contribution in [1.29, 1.82) is 0 Å². The molecule has 1 aromatic heterocycles. The molecule has 4 fully saturated rings. The molecule has 0 radical (unpaired) electrons. The predicted molar refractivity (Wildman–Crippen MR) is 91.7 cm³/mol. The van der Waals surface area contributed by atoms with E-state index in [1.54, 1.807) is 12.3 Å². The molecule has 1 spiro atoms. The van der Waals surface area contributed by atoms with Crippen LogP contribution in [-0.4, -0.2) is 41.7 Å². The molecule has 6 heteroatoms. The van der Waals surface area contributed by atoms with E-state index in [1.165, 1.54) is 32.0 Å². The Labute approximate surface area is 145 Å². The van der Waals surface area contributed by atoms with E-state index >= 15 is 0 Å². The number of hydrogen-bond donors (Lipinski definition) is 0. The quantitative estimate of drug-likeness (QED) is 0.787. The molecule has 4 aliphatic heterocycles. The van der Waals surface area contributed by atoms with Gasteiger partial charge in [-0.2, -0.15) is 0 Å². The van der Waals surface area contributed by atoms with Crippen LogP contribution in [0.15, 0.2) is 24.4 Å². The van der Waals surface area contributed by atoms with Crippen LogP contribution in [0.25, 0.3) is 10.8 Å². The molecule has 4 saturated heterocycles. The lowest BCUT2D eigenvalue weighted by Gasteiger charge is -2.50. The van der Waals surface area contributed by atoms with Crippen LogP contribution >= 0.6 is 11.6 Å². The largest absolute Gasteiger partial charge is 0.300 e. The van der Waals surface area contributed by atoms with E-state index in [1.807, 2.05) is 11.1 Å². The molecule has 24 heavy (non-hydrogen) atoms. The van der Waals surface area contributed by atoms with Gasteiger partial charge < -0.3 is 4.90 Å². The highest BCUT2D eigenvalue weighted by Crippen LogP contribution is 2.45. The highest BCUT2D eigenvalue weighted by molar-refractivity contribution is 6.31. The van der Waals surface area contributed by atoms with Crippen LogP contribution < -0.4 is 5.06 Å². The summed E-state index contributed by atoms with van der Waals surface area (Å²) < 4.78 is 13.7. The van der Waals surface area contributed by atoms with Gasteiger partial charge >= 0.3 is 0 Å². The van der Waals surface area contributed by atoms with Gasteiger partial charge in [0.25, 0.3) is 0 Å². The summed E-state index contributed by atoms with van der Waals surface area (Å²) in [5, 5.41) is 3.65. The number of piperidine rings is 3. The van der Waals surface area contributed by atoms with Crippen molar-refractivity contribution in [3.63, 3.8) is 0 Å². The van der Waals surface area contributed by atoms with Crippen LogP contribution in [-0.2, 0) is 4.84 Å². The lowest BCUT2D eigenvalue weighted by atomic mass is 9.74. The minimum Gasteiger partial charge on any atom is -0.300 e. The Kier molecular flexibility index (Phi) is 3.27. The minimum atomic E-state index is -0.405. The van der Waals surface area contributed by atoms with Crippen molar-refractivity contribution < 1.29 is 9.23 Å². The van der Waals surface area contributed by atoms with Crippen LogP contribution in [0.3, 0.4) is 0 Å². The predicted octanol–water partition coefficient (Wildman–Crippen LogP) is 3.63. The molecule has 1 aromatic carbocycles. The van der Waals surface area contributed by atoms with Gasteiger partial charge in [0, 0.05) is 24.5 Å². The molecule has 4 aliphatic rings. The van der Waals surface area contributed by atoms with Gasteiger partial charge in [0.2, 0.25) is 0 Å². The molecule has 6 rings (SSSR count). The number of pyridine rings is 1. The van der Waals surface area contributed by atoms with Gasteiger partial charge in [-0.05, 0) is 55.4 Å². The number of halogens is 2. The Morgan fingerprint density at radius 3 is 2.75 bits per heavy atom. The zero-order valence-corrected chi connectivity index (χ0v) is 14.1. The summed E-state index contributed by atoms with van der Waals surface area (Å²) in [7, 11) is 0. The summed E-state index contributed by atoms with van der Waals surface area (Å²) >= 11 is 5.85. The summed E-state index contributed by atoms with van der Waals surface area (Å²) in [6, 6.07) is 4.96. The number of hydrogen-bond acceptors (Lipinski definition) is 4. The zero-order chi connectivity index (χ0) is 16.3. The summed E-state index contributed by atoms with van der Waals surface area (Å²) in [5.74, 6) is 0.985. The van der Waals surface area contributed by atoms with Gasteiger partial charge in [0.05, 0.1) is 11.6 Å². The Hall–Kier alpha value is -1.43. The van der Waals surface area contributed by atoms with E-state index in [0.717, 1.165) is 36.1 Å². The highest BCUT2D eigenvalue weighted by atomic mass is 35.5. The molecular formula is C18H19ClFN3O. The molecule has 2 bridgehead atoms. The number of anilines is 1. The van der Waals surface area contributed by atoms with Crippen molar-refractivity contribution in [2.45, 2.75) is 24.9 Å². The van der Waals surface area contributed by atoms with E-state index < -0.39 is 5.82 Å². The molecule has 2 aromatic rings. The number of nitrogens with zero attached hydrogens (tertiary/aromatic N) is 3. The van der Waals surface area contributed by atoms with Crippen molar-refractivity contribution in [2.24, 2.45) is 5.92 Å². The monoisotopic (exact) mass is 347 g/mol. The molecule has 0 unspecified atom stereocenters. The Morgan fingerprint density at radius 2 is 2.00 bits per heavy atom. The van der Waals surface area contributed by atoms with Crippen molar-refractivity contribution in [1.82, 2.24) is 9.88 Å². The smallest absolute Gasteiger partial charge is 0.152 e. The maximum absolute atomic E-state index is 13.7. The fraction of sp³-hybridized carbons (Fsp3) is 0.500. The fourth-order valence-corrected chi connectivity index (χ4v) is 4.71. The first-order valence-corrected chi connectivity index (χ1v) is 8.95. The van der Waals surface area contributed by atoms with Gasteiger partial charge in [0.1, 0.15) is 11.4 Å². The average molecular weight is 348 g/mol. The third-order valence-corrected chi connectivity index (χ3v) is 6.14. The van der Waals surface area contributed by atoms with Crippen molar-refractivity contribution in [3.8, 4) is 0 Å². The first-order chi connectivity index (χ1) is 11.6. The van der Waals surface area contributed by atoms with E-state index in [4.69, 9.17) is 16.4 Å². The number of hydroxylamine groups is 1. The second kappa shape index (κ2) is 5.28. The van der Waals surface area contributed by atoms with Gasteiger partial charge in [0.15, 0.2) is 5.82 Å². The third-order valence-electron chi connectivity index (χ3n) is 5.85. The first-order valence-electron chi connectivity index (χ1n) is 8.57. The van der Waals surface area contributed by atoms with Crippen LogP contribution in [0.4, 0.5) is 10.2 Å². The third kappa shape index (κ3) is 2.22. The normalized spacial score (nSPS) is 32.2. The van der Waals surface area contributed by atoms with E-state index in [-0.39, 0.29) is 10.6 Å². The molecule has 126 valence electrons. The van der Waals surface area contributed by atoms with Crippen LogP contribution in [0.1, 0.15) is 19.3 Å². The van der Waals surface area contributed by atoms with Crippen LogP contribution in [0, 0.1) is 11.7 Å². The molecule has 0 saturated carbocycles. The average Bonchev–Trinajstić information content (AvgIpc) is 3.00. The fourth-order valence-electron chi connectivity index (χ4n) is 4.54. The standard InChI is InChI=1S/C18H19ClFN3O/c19-15-7-13-10-21-17(9-12(13)8-16(15)20)23-6-3-18(24-23)11-22-4-1-14(18)2-5-22/h7-10,14H,1-6,11H2/t18-/m0/s1. The summed E-state index contributed by atoms with van der Waals surface area (Å²) in [5.41, 5.74) is -0.0572. The highest BCUT2D eigenvalue weighted by Gasteiger charge is 2.52. The topological polar surface area (TPSA) is 28.6 Å². The van der Waals surface area contributed by atoms with Crippen LogP contribution in [0.2, 0.25) is 5.02 Å². The van der Waals surface area contributed by atoms with Gasteiger partial charge in [-0.25, -0.2) is 14.4 Å². The molecule has 0 amide bonds. The number of benzene rings is 1.